The van der Waals surface area contributed by atoms with Gasteiger partial charge in [0.1, 0.15) is 0 Å². The van der Waals surface area contributed by atoms with Gasteiger partial charge in [0.25, 0.3) is 0 Å². The lowest BCUT2D eigenvalue weighted by atomic mass is 10.0. The van der Waals surface area contributed by atoms with Crippen molar-refractivity contribution in [1.82, 2.24) is 0 Å². The van der Waals surface area contributed by atoms with E-state index in [2.05, 4.69) is 34.1 Å². The third-order valence-corrected chi connectivity index (χ3v) is 4.30. The SMILES string of the molecule is CCC(C)CC(C)P(C)C. The molecule has 0 aromatic rings. The fourth-order valence-corrected chi connectivity index (χ4v) is 1.74. The largest absolute Gasteiger partial charge is 0.110 e. The molecule has 0 radical (unpaired) electrons. The number of hydrogen-bond acceptors (Lipinski definition) is 0. The molecule has 0 bridgehead atoms. The molecule has 0 aliphatic rings. The van der Waals surface area contributed by atoms with Crippen molar-refractivity contribution in [2.45, 2.75) is 39.3 Å². The molecule has 0 saturated heterocycles. The Kier molecular flexibility index (Phi) is 5.35. The minimum Gasteiger partial charge on any atom is -0.110 e. The lowest BCUT2D eigenvalue weighted by Gasteiger charge is -2.19. The molecule has 0 amide bonds. The highest BCUT2D eigenvalue weighted by molar-refractivity contribution is 7.56. The molecule has 0 aliphatic heterocycles. The highest BCUT2D eigenvalue weighted by atomic mass is 31.1. The Balaban J connectivity index is 3.46. The van der Waals surface area contributed by atoms with Crippen molar-refractivity contribution >= 4 is 7.92 Å². The first kappa shape index (κ1) is 10.4. The van der Waals surface area contributed by atoms with Crippen molar-refractivity contribution in [3.05, 3.63) is 0 Å². The van der Waals surface area contributed by atoms with Gasteiger partial charge in [0.05, 0.1) is 0 Å². The molecule has 0 fully saturated rings. The molecular weight excluding hydrogens is 139 g/mol. The Labute approximate surface area is 67.2 Å². The summed E-state index contributed by atoms with van der Waals surface area (Å²) < 4.78 is 0. The molecule has 2 atom stereocenters. The van der Waals surface area contributed by atoms with Crippen LogP contribution >= 0.6 is 7.92 Å². The van der Waals surface area contributed by atoms with E-state index in [-0.39, 0.29) is 0 Å². The van der Waals surface area contributed by atoms with Gasteiger partial charge in [-0.1, -0.05) is 27.2 Å². The molecule has 0 heterocycles. The van der Waals surface area contributed by atoms with Crippen molar-refractivity contribution in [3.8, 4) is 0 Å². The summed E-state index contributed by atoms with van der Waals surface area (Å²) in [5, 5.41) is 0. The second kappa shape index (κ2) is 5.13. The number of rotatable bonds is 4. The zero-order valence-corrected chi connectivity index (χ0v) is 8.91. The van der Waals surface area contributed by atoms with Crippen LogP contribution in [0.1, 0.15) is 33.6 Å². The van der Waals surface area contributed by atoms with E-state index < -0.39 is 0 Å². The molecule has 0 aromatic heterocycles. The Bertz CT molecular complexity index is 78.8. The van der Waals surface area contributed by atoms with Gasteiger partial charge in [0.2, 0.25) is 0 Å². The van der Waals surface area contributed by atoms with Crippen molar-refractivity contribution in [3.63, 3.8) is 0 Å². The van der Waals surface area contributed by atoms with E-state index in [1.165, 1.54) is 12.8 Å². The highest BCUT2D eigenvalue weighted by Crippen LogP contribution is 2.36. The Morgan fingerprint density at radius 1 is 1.20 bits per heavy atom. The first-order valence-electron chi connectivity index (χ1n) is 4.24. The maximum Gasteiger partial charge on any atom is -0.0240 e. The monoisotopic (exact) mass is 160 g/mol. The van der Waals surface area contributed by atoms with Crippen molar-refractivity contribution in [1.29, 1.82) is 0 Å². The van der Waals surface area contributed by atoms with Crippen LogP contribution in [0, 0.1) is 5.92 Å². The van der Waals surface area contributed by atoms with E-state index in [0.29, 0.717) is 7.92 Å². The minimum atomic E-state index is 0.300. The van der Waals surface area contributed by atoms with Crippen LogP contribution in [-0.2, 0) is 0 Å². The molecule has 10 heavy (non-hydrogen) atoms. The Morgan fingerprint density at radius 3 is 2.00 bits per heavy atom. The van der Waals surface area contributed by atoms with Crippen molar-refractivity contribution in [2.75, 3.05) is 13.3 Å². The first-order valence-corrected chi connectivity index (χ1v) is 6.54. The van der Waals surface area contributed by atoms with Gasteiger partial charge in [-0.25, -0.2) is 0 Å². The molecule has 0 rings (SSSR count). The summed E-state index contributed by atoms with van der Waals surface area (Å²) in [4.78, 5) is 0. The van der Waals surface area contributed by atoms with Crippen molar-refractivity contribution < 1.29 is 0 Å². The lowest BCUT2D eigenvalue weighted by Crippen LogP contribution is -2.04. The molecular formula is C9H21P. The molecule has 0 aliphatic carbocycles. The molecule has 0 nitrogen and oxygen atoms in total. The number of hydrogen-bond donors (Lipinski definition) is 0. The van der Waals surface area contributed by atoms with Gasteiger partial charge in [0.15, 0.2) is 0 Å². The molecule has 0 N–H and O–H groups in total. The average molecular weight is 160 g/mol. The van der Waals surface area contributed by atoms with E-state index in [1.807, 2.05) is 0 Å². The van der Waals surface area contributed by atoms with Crippen LogP contribution in [0.2, 0.25) is 0 Å². The summed E-state index contributed by atoms with van der Waals surface area (Å²) >= 11 is 0. The summed E-state index contributed by atoms with van der Waals surface area (Å²) in [6, 6.07) is 0. The minimum absolute atomic E-state index is 0.300. The summed E-state index contributed by atoms with van der Waals surface area (Å²) in [5.41, 5.74) is 0.963. The van der Waals surface area contributed by atoms with Crippen molar-refractivity contribution in [2.24, 2.45) is 5.92 Å². The van der Waals surface area contributed by atoms with Crippen LogP contribution in [0.15, 0.2) is 0 Å². The van der Waals surface area contributed by atoms with E-state index in [4.69, 9.17) is 0 Å². The summed E-state index contributed by atoms with van der Waals surface area (Å²) in [6.45, 7) is 11.8. The van der Waals surface area contributed by atoms with E-state index >= 15 is 0 Å². The van der Waals surface area contributed by atoms with Crippen LogP contribution in [0.5, 0.6) is 0 Å². The normalized spacial score (nSPS) is 17.4. The van der Waals surface area contributed by atoms with Gasteiger partial charge >= 0.3 is 0 Å². The Morgan fingerprint density at radius 2 is 1.70 bits per heavy atom. The lowest BCUT2D eigenvalue weighted by molar-refractivity contribution is 0.513. The zero-order chi connectivity index (χ0) is 8.15. The summed E-state index contributed by atoms with van der Waals surface area (Å²) in [5.74, 6) is 0.930. The summed E-state index contributed by atoms with van der Waals surface area (Å²) in [7, 11) is 0.300. The Hall–Kier alpha value is 0.430. The van der Waals surface area contributed by atoms with Crippen LogP contribution in [0.4, 0.5) is 0 Å². The fraction of sp³-hybridized carbons (Fsp3) is 1.00. The highest BCUT2D eigenvalue weighted by Gasteiger charge is 2.09. The molecule has 1 heteroatoms. The smallest absolute Gasteiger partial charge is 0.0240 e. The van der Waals surface area contributed by atoms with E-state index in [9.17, 15) is 0 Å². The van der Waals surface area contributed by atoms with Gasteiger partial charge in [0, 0.05) is 0 Å². The first-order chi connectivity index (χ1) is 4.57. The standard InChI is InChI=1S/C9H21P/c1-6-8(2)7-9(3)10(4)5/h8-9H,6-7H2,1-5H3. The van der Waals surface area contributed by atoms with E-state index in [1.54, 1.807) is 0 Å². The third kappa shape index (κ3) is 4.28. The maximum absolute atomic E-state index is 2.39. The van der Waals surface area contributed by atoms with Gasteiger partial charge in [-0.3, -0.25) is 0 Å². The van der Waals surface area contributed by atoms with Crippen LogP contribution < -0.4 is 0 Å². The average Bonchev–Trinajstić information content (AvgIpc) is 1.87. The molecule has 0 spiro atoms. The van der Waals surface area contributed by atoms with Crippen LogP contribution in [0.3, 0.4) is 0 Å². The molecule has 0 aromatic carbocycles. The quantitative estimate of drug-likeness (QED) is 0.552. The molecule has 62 valence electrons. The zero-order valence-electron chi connectivity index (χ0n) is 8.02. The third-order valence-electron chi connectivity index (χ3n) is 2.32. The molecule has 0 saturated carbocycles. The second-order valence-electron chi connectivity index (χ2n) is 3.56. The van der Waals surface area contributed by atoms with Gasteiger partial charge in [-0.15, -0.1) is 7.92 Å². The maximum atomic E-state index is 2.39. The van der Waals surface area contributed by atoms with Crippen LogP contribution in [0.25, 0.3) is 0 Å². The second-order valence-corrected chi connectivity index (χ2v) is 6.37. The summed E-state index contributed by atoms with van der Waals surface area (Å²) in [6.07, 6.45) is 2.77. The fourth-order valence-electron chi connectivity index (χ4n) is 0.960. The topological polar surface area (TPSA) is 0 Å². The van der Waals surface area contributed by atoms with Gasteiger partial charge in [-0.2, -0.15) is 0 Å². The van der Waals surface area contributed by atoms with E-state index in [0.717, 1.165) is 11.6 Å². The molecule has 2 unspecified atom stereocenters. The van der Waals surface area contributed by atoms with Gasteiger partial charge < -0.3 is 0 Å². The van der Waals surface area contributed by atoms with Crippen LogP contribution in [-0.4, -0.2) is 19.0 Å². The predicted molar refractivity (Wildman–Crippen MR) is 52.3 cm³/mol. The van der Waals surface area contributed by atoms with Gasteiger partial charge in [-0.05, 0) is 31.3 Å². The predicted octanol–water partition coefficient (Wildman–Crippen LogP) is 3.55.